The van der Waals surface area contributed by atoms with Gasteiger partial charge in [0.15, 0.2) is 0 Å². The Morgan fingerprint density at radius 3 is 2.64 bits per heavy atom. The summed E-state index contributed by atoms with van der Waals surface area (Å²) in [5.41, 5.74) is 3.02. The van der Waals surface area contributed by atoms with Gasteiger partial charge in [-0.15, -0.1) is 11.3 Å². The number of carbonyl (C=O) groups excluding carboxylic acids is 2. The summed E-state index contributed by atoms with van der Waals surface area (Å²) in [6.45, 7) is 7.85. The van der Waals surface area contributed by atoms with Crippen LogP contribution in [0.4, 0.5) is 5.69 Å². The number of hydrogen-bond acceptors (Lipinski definition) is 7. The van der Waals surface area contributed by atoms with Gasteiger partial charge in [-0.3, -0.25) is 4.79 Å². The van der Waals surface area contributed by atoms with Crippen LogP contribution in [0.2, 0.25) is 0 Å². The number of ether oxygens (including phenoxy) is 1. The van der Waals surface area contributed by atoms with Crippen molar-refractivity contribution in [2.75, 3.05) is 18.2 Å². The second-order valence-corrected chi connectivity index (χ2v) is 8.56. The van der Waals surface area contributed by atoms with Crippen LogP contribution < -0.4 is 5.32 Å². The molecule has 0 aliphatic heterocycles. The minimum Gasteiger partial charge on any atom is -0.465 e. The molecule has 0 spiro atoms. The molecule has 1 aromatic carbocycles. The molecule has 0 bridgehead atoms. The Kier molecular flexibility index (Phi) is 6.00. The highest BCUT2D eigenvalue weighted by molar-refractivity contribution is 8.00. The van der Waals surface area contributed by atoms with E-state index in [-0.39, 0.29) is 11.7 Å². The van der Waals surface area contributed by atoms with Crippen LogP contribution in [0.15, 0.2) is 23.2 Å². The molecule has 0 aliphatic rings. The number of hydrogen-bond donors (Lipinski definition) is 1. The molecule has 146 valence electrons. The number of amides is 1. The predicted molar refractivity (Wildman–Crippen MR) is 113 cm³/mol. The number of esters is 1. The van der Waals surface area contributed by atoms with E-state index in [2.05, 4.69) is 29.1 Å². The van der Waals surface area contributed by atoms with Crippen LogP contribution in [-0.4, -0.2) is 34.7 Å². The van der Waals surface area contributed by atoms with Crippen LogP contribution in [0.3, 0.4) is 0 Å². The van der Waals surface area contributed by atoms with Crippen LogP contribution in [0.5, 0.6) is 0 Å². The molecule has 0 saturated carbocycles. The Morgan fingerprint density at radius 1 is 1.18 bits per heavy atom. The molecule has 1 N–H and O–H groups in total. The Bertz CT molecular complexity index is 1080. The first-order valence-electron chi connectivity index (χ1n) is 8.66. The van der Waals surface area contributed by atoms with E-state index < -0.39 is 5.97 Å². The zero-order valence-corrected chi connectivity index (χ0v) is 18.0. The van der Waals surface area contributed by atoms with Gasteiger partial charge in [-0.25, -0.2) is 14.8 Å². The SMILES string of the molecule is COC(=O)c1ccc(C)c(NC(=O)CSc2nc(C)nc3sc(C)c(C)c23)c1. The van der Waals surface area contributed by atoms with Crippen molar-refractivity contribution in [3.63, 3.8) is 0 Å². The average molecular weight is 416 g/mol. The summed E-state index contributed by atoms with van der Waals surface area (Å²) >= 11 is 3.04. The second kappa shape index (κ2) is 8.28. The highest BCUT2D eigenvalue weighted by Crippen LogP contribution is 2.35. The molecular formula is C20H21N3O3S2. The lowest BCUT2D eigenvalue weighted by Crippen LogP contribution is -2.15. The number of methoxy groups -OCH3 is 1. The number of benzene rings is 1. The number of aryl methyl sites for hydroxylation is 4. The molecule has 0 unspecified atom stereocenters. The van der Waals surface area contributed by atoms with Crippen molar-refractivity contribution in [1.82, 2.24) is 9.97 Å². The van der Waals surface area contributed by atoms with Gasteiger partial charge in [-0.2, -0.15) is 0 Å². The van der Waals surface area contributed by atoms with Gasteiger partial charge < -0.3 is 10.1 Å². The molecule has 28 heavy (non-hydrogen) atoms. The Labute approximate surface area is 171 Å². The number of anilines is 1. The van der Waals surface area contributed by atoms with E-state index in [0.717, 1.165) is 26.4 Å². The number of rotatable bonds is 5. The van der Waals surface area contributed by atoms with E-state index in [0.29, 0.717) is 17.1 Å². The van der Waals surface area contributed by atoms with Gasteiger partial charge in [0.1, 0.15) is 15.7 Å². The molecular weight excluding hydrogens is 394 g/mol. The molecule has 8 heteroatoms. The van der Waals surface area contributed by atoms with Crippen molar-refractivity contribution in [3.05, 3.63) is 45.6 Å². The number of thioether (sulfide) groups is 1. The van der Waals surface area contributed by atoms with Crippen molar-refractivity contribution >= 4 is 50.9 Å². The van der Waals surface area contributed by atoms with E-state index in [4.69, 9.17) is 4.74 Å². The predicted octanol–water partition coefficient (Wildman–Crippen LogP) is 4.44. The molecule has 0 aliphatic carbocycles. The number of nitrogens with zero attached hydrogens (tertiary/aromatic N) is 2. The Hall–Kier alpha value is -2.45. The van der Waals surface area contributed by atoms with Crippen LogP contribution in [0, 0.1) is 27.7 Å². The summed E-state index contributed by atoms with van der Waals surface area (Å²) in [4.78, 5) is 35.4. The number of nitrogens with one attached hydrogen (secondary N) is 1. The van der Waals surface area contributed by atoms with Crippen LogP contribution in [0.1, 0.15) is 32.2 Å². The highest BCUT2D eigenvalue weighted by atomic mass is 32.2. The molecule has 3 aromatic rings. The van der Waals surface area contributed by atoms with E-state index in [1.807, 2.05) is 13.8 Å². The summed E-state index contributed by atoms with van der Waals surface area (Å²) in [7, 11) is 1.33. The zero-order valence-electron chi connectivity index (χ0n) is 16.4. The molecule has 6 nitrogen and oxygen atoms in total. The van der Waals surface area contributed by atoms with Crippen molar-refractivity contribution in [2.45, 2.75) is 32.7 Å². The third kappa shape index (κ3) is 4.18. The van der Waals surface area contributed by atoms with Gasteiger partial charge in [0.05, 0.1) is 18.4 Å². The van der Waals surface area contributed by atoms with Gasteiger partial charge in [0.2, 0.25) is 5.91 Å². The minimum atomic E-state index is -0.438. The minimum absolute atomic E-state index is 0.163. The quantitative estimate of drug-likeness (QED) is 0.377. The summed E-state index contributed by atoms with van der Waals surface area (Å²) in [6.07, 6.45) is 0. The normalized spacial score (nSPS) is 10.9. The summed E-state index contributed by atoms with van der Waals surface area (Å²) < 4.78 is 4.74. The molecule has 0 atom stereocenters. The maximum Gasteiger partial charge on any atom is 0.337 e. The summed E-state index contributed by atoms with van der Waals surface area (Å²) in [5, 5.41) is 4.72. The number of aromatic nitrogens is 2. The largest absolute Gasteiger partial charge is 0.465 e. The number of thiophene rings is 1. The van der Waals surface area contributed by atoms with Gasteiger partial charge in [-0.05, 0) is 51.0 Å². The maximum absolute atomic E-state index is 12.5. The Morgan fingerprint density at radius 2 is 1.93 bits per heavy atom. The maximum atomic E-state index is 12.5. The summed E-state index contributed by atoms with van der Waals surface area (Å²) in [5.74, 6) is 0.302. The molecule has 0 fully saturated rings. The third-order valence-corrected chi connectivity index (χ3v) is 6.46. The van der Waals surface area contributed by atoms with E-state index >= 15 is 0 Å². The van der Waals surface area contributed by atoms with Crippen LogP contribution >= 0.6 is 23.1 Å². The molecule has 2 heterocycles. The number of fused-ring (bicyclic) bond motifs is 1. The number of carbonyl (C=O) groups is 2. The first kappa shape index (κ1) is 20.3. The zero-order chi connectivity index (χ0) is 20.4. The first-order valence-corrected chi connectivity index (χ1v) is 10.5. The lowest BCUT2D eigenvalue weighted by Gasteiger charge is -2.10. The lowest BCUT2D eigenvalue weighted by atomic mass is 10.1. The molecule has 2 aromatic heterocycles. The topological polar surface area (TPSA) is 81.2 Å². The fourth-order valence-electron chi connectivity index (χ4n) is 2.74. The van der Waals surface area contributed by atoms with Gasteiger partial charge >= 0.3 is 5.97 Å². The third-order valence-electron chi connectivity index (χ3n) is 4.38. The van der Waals surface area contributed by atoms with Crippen molar-refractivity contribution in [1.29, 1.82) is 0 Å². The van der Waals surface area contributed by atoms with Gasteiger partial charge in [0, 0.05) is 16.0 Å². The first-order chi connectivity index (χ1) is 13.3. The van der Waals surface area contributed by atoms with Crippen LogP contribution in [-0.2, 0) is 9.53 Å². The fourth-order valence-corrected chi connectivity index (χ4v) is 4.81. The average Bonchev–Trinajstić information content (AvgIpc) is 2.94. The molecule has 1 amide bonds. The lowest BCUT2D eigenvalue weighted by molar-refractivity contribution is -0.113. The molecule has 0 saturated heterocycles. The standard InChI is InChI=1S/C20H21N3O3S2/c1-10-6-7-14(20(25)26-5)8-15(10)23-16(24)9-27-18-17-11(2)12(3)28-19(17)22-13(4)21-18/h6-8H,9H2,1-5H3,(H,23,24). The van der Waals surface area contributed by atoms with E-state index in [1.165, 1.54) is 23.7 Å². The van der Waals surface area contributed by atoms with Gasteiger partial charge in [-0.1, -0.05) is 17.8 Å². The smallest absolute Gasteiger partial charge is 0.337 e. The molecule has 0 radical (unpaired) electrons. The highest BCUT2D eigenvalue weighted by Gasteiger charge is 2.16. The van der Waals surface area contributed by atoms with E-state index in [1.54, 1.807) is 29.5 Å². The monoisotopic (exact) mass is 415 g/mol. The van der Waals surface area contributed by atoms with E-state index in [9.17, 15) is 9.59 Å². The second-order valence-electron chi connectivity index (χ2n) is 6.40. The van der Waals surface area contributed by atoms with Crippen molar-refractivity contribution < 1.29 is 14.3 Å². The van der Waals surface area contributed by atoms with Crippen LogP contribution in [0.25, 0.3) is 10.2 Å². The fraction of sp³-hybridized carbons (Fsp3) is 0.300. The van der Waals surface area contributed by atoms with Crippen molar-refractivity contribution in [3.8, 4) is 0 Å². The molecule has 3 rings (SSSR count). The van der Waals surface area contributed by atoms with Crippen molar-refractivity contribution in [2.24, 2.45) is 0 Å². The summed E-state index contributed by atoms with van der Waals surface area (Å²) in [6, 6.07) is 5.08. The van der Waals surface area contributed by atoms with Gasteiger partial charge in [0.25, 0.3) is 0 Å². The Balaban J connectivity index is 1.77.